The van der Waals surface area contributed by atoms with Gasteiger partial charge in [-0.2, -0.15) is 0 Å². The minimum absolute atomic E-state index is 0.539. The van der Waals surface area contributed by atoms with Crippen LogP contribution >= 0.6 is 23.2 Å². The highest BCUT2D eigenvalue weighted by Crippen LogP contribution is 2.33. The summed E-state index contributed by atoms with van der Waals surface area (Å²) < 4.78 is 0. The van der Waals surface area contributed by atoms with Crippen molar-refractivity contribution >= 4 is 35.1 Å². The molecule has 1 N–H and O–H groups in total. The van der Waals surface area contributed by atoms with Crippen molar-refractivity contribution in [3.63, 3.8) is 0 Å². The number of rotatable bonds is 5. The Morgan fingerprint density at radius 2 is 1.84 bits per heavy atom. The Balaban J connectivity index is 1.99. The lowest BCUT2D eigenvalue weighted by molar-refractivity contribution is -0.104. The number of hydrogen-bond acceptors (Lipinski definition) is 3. The molecule has 0 radical (unpaired) electrons. The third-order valence-electron chi connectivity index (χ3n) is 4.37. The summed E-state index contributed by atoms with van der Waals surface area (Å²) in [4.78, 5) is 13.7. The molecule has 0 unspecified atom stereocenters. The molecule has 1 saturated heterocycles. The molecular formula is C20H20Cl2N2O. The van der Waals surface area contributed by atoms with E-state index in [1.54, 1.807) is 18.2 Å². The molecule has 1 heterocycles. The number of benzene rings is 2. The molecule has 2 aromatic rings. The van der Waals surface area contributed by atoms with Crippen LogP contribution in [0.4, 0.5) is 0 Å². The van der Waals surface area contributed by atoms with Gasteiger partial charge in [0, 0.05) is 48.3 Å². The van der Waals surface area contributed by atoms with Crippen molar-refractivity contribution in [2.24, 2.45) is 0 Å². The first-order valence-electron chi connectivity index (χ1n) is 8.31. The second kappa shape index (κ2) is 8.63. The van der Waals surface area contributed by atoms with Gasteiger partial charge in [-0.25, -0.2) is 0 Å². The fraction of sp³-hybridized carbons (Fsp3) is 0.250. The first-order chi connectivity index (χ1) is 12.2. The Hall–Kier alpha value is -1.65. The fourth-order valence-corrected chi connectivity index (χ4v) is 3.64. The van der Waals surface area contributed by atoms with Crippen LogP contribution in [0, 0.1) is 0 Å². The molecule has 0 bridgehead atoms. The predicted molar refractivity (Wildman–Crippen MR) is 104 cm³/mol. The van der Waals surface area contributed by atoms with Crippen molar-refractivity contribution in [3.8, 4) is 0 Å². The van der Waals surface area contributed by atoms with E-state index in [-0.39, 0.29) is 0 Å². The average molecular weight is 375 g/mol. The Morgan fingerprint density at radius 3 is 2.56 bits per heavy atom. The molecule has 0 aliphatic carbocycles. The number of allylic oxidation sites excluding steroid dienone is 1. The van der Waals surface area contributed by atoms with Gasteiger partial charge in [-0.1, -0.05) is 53.5 Å². The largest absolute Gasteiger partial charge is 0.314 e. The molecule has 0 aromatic heterocycles. The summed E-state index contributed by atoms with van der Waals surface area (Å²) in [5.74, 6) is 0. The minimum Gasteiger partial charge on any atom is -0.314 e. The Morgan fingerprint density at radius 1 is 1.08 bits per heavy atom. The van der Waals surface area contributed by atoms with Gasteiger partial charge in [0.25, 0.3) is 0 Å². The highest BCUT2D eigenvalue weighted by molar-refractivity contribution is 6.36. The topological polar surface area (TPSA) is 32.3 Å². The number of carbonyl (C=O) groups excluding carboxylic acids is 1. The Bertz CT molecular complexity index is 783. The number of hydrogen-bond donors (Lipinski definition) is 1. The summed E-state index contributed by atoms with van der Waals surface area (Å²) in [5.41, 5.74) is 3.84. The predicted octanol–water partition coefficient (Wildman–Crippen LogP) is 4.03. The molecule has 1 fully saturated rings. The van der Waals surface area contributed by atoms with Crippen molar-refractivity contribution in [3.05, 3.63) is 75.3 Å². The van der Waals surface area contributed by atoms with E-state index in [2.05, 4.69) is 16.3 Å². The van der Waals surface area contributed by atoms with Gasteiger partial charge in [0.1, 0.15) is 6.29 Å². The third-order valence-corrected chi connectivity index (χ3v) is 4.91. The second-order valence-electron chi connectivity index (χ2n) is 6.02. The lowest BCUT2D eigenvalue weighted by Gasteiger charge is -2.28. The van der Waals surface area contributed by atoms with E-state index in [9.17, 15) is 4.79 Å². The summed E-state index contributed by atoms with van der Waals surface area (Å²) in [5, 5.41) is 4.48. The molecule has 130 valence electrons. The SMILES string of the molecule is O=CC=C(c1ccc(Cl)cc1Cl)c1ccccc1CN1CCNCC1. The van der Waals surface area contributed by atoms with E-state index in [4.69, 9.17) is 23.2 Å². The number of piperazine rings is 1. The van der Waals surface area contributed by atoms with Gasteiger partial charge in [-0.15, -0.1) is 0 Å². The number of halogens is 2. The van der Waals surface area contributed by atoms with E-state index in [0.717, 1.165) is 55.7 Å². The average Bonchev–Trinajstić information content (AvgIpc) is 2.62. The monoisotopic (exact) mass is 374 g/mol. The minimum atomic E-state index is 0.539. The molecule has 1 aliphatic heterocycles. The standard InChI is InChI=1S/C20H20Cl2N2O/c21-16-5-6-19(20(22)13-16)18(7-12-25)17-4-2-1-3-15(17)14-24-10-8-23-9-11-24/h1-7,12-13,23H,8-11,14H2. The van der Waals surface area contributed by atoms with Crippen LogP contribution < -0.4 is 5.32 Å². The summed E-state index contributed by atoms with van der Waals surface area (Å²) in [7, 11) is 0. The molecule has 1 aliphatic rings. The van der Waals surface area contributed by atoms with E-state index < -0.39 is 0 Å². The van der Waals surface area contributed by atoms with Crippen molar-refractivity contribution < 1.29 is 4.79 Å². The van der Waals surface area contributed by atoms with E-state index in [1.807, 2.05) is 24.3 Å². The summed E-state index contributed by atoms with van der Waals surface area (Å²) in [6.07, 6.45) is 2.38. The molecule has 0 amide bonds. The normalized spacial score (nSPS) is 16.0. The first-order valence-corrected chi connectivity index (χ1v) is 9.07. The zero-order valence-corrected chi connectivity index (χ0v) is 15.4. The molecule has 5 heteroatoms. The Labute approximate surface area is 158 Å². The molecule has 0 atom stereocenters. The zero-order valence-electron chi connectivity index (χ0n) is 13.8. The van der Waals surface area contributed by atoms with Gasteiger partial charge in [0.2, 0.25) is 0 Å². The molecule has 3 nitrogen and oxygen atoms in total. The van der Waals surface area contributed by atoms with Crippen LogP contribution in [0.2, 0.25) is 10.0 Å². The molecule has 2 aromatic carbocycles. The Kier molecular flexibility index (Phi) is 6.27. The van der Waals surface area contributed by atoms with Gasteiger partial charge in [0.05, 0.1) is 0 Å². The lowest BCUT2D eigenvalue weighted by atomic mass is 9.93. The quantitative estimate of drug-likeness (QED) is 0.633. The zero-order chi connectivity index (χ0) is 17.6. The van der Waals surface area contributed by atoms with Gasteiger partial charge < -0.3 is 5.32 Å². The maximum absolute atomic E-state index is 11.3. The van der Waals surface area contributed by atoms with Crippen LogP contribution in [0.1, 0.15) is 16.7 Å². The van der Waals surface area contributed by atoms with Crippen LogP contribution in [-0.2, 0) is 11.3 Å². The number of carbonyl (C=O) groups is 1. The number of nitrogens with zero attached hydrogens (tertiary/aromatic N) is 1. The van der Waals surface area contributed by atoms with Crippen LogP contribution in [-0.4, -0.2) is 37.4 Å². The van der Waals surface area contributed by atoms with Crippen LogP contribution in [0.3, 0.4) is 0 Å². The first kappa shape index (κ1) is 18.2. The maximum atomic E-state index is 11.3. The smallest absolute Gasteiger partial charge is 0.143 e. The van der Waals surface area contributed by atoms with Crippen molar-refractivity contribution in [2.75, 3.05) is 26.2 Å². The highest BCUT2D eigenvalue weighted by Gasteiger charge is 2.16. The molecule has 0 spiro atoms. The molecular weight excluding hydrogens is 355 g/mol. The van der Waals surface area contributed by atoms with Crippen LogP contribution in [0.15, 0.2) is 48.5 Å². The fourth-order valence-electron chi connectivity index (χ4n) is 3.13. The van der Waals surface area contributed by atoms with Gasteiger partial charge in [0.15, 0.2) is 0 Å². The highest BCUT2D eigenvalue weighted by atomic mass is 35.5. The summed E-state index contributed by atoms with van der Waals surface area (Å²) in [6.45, 7) is 4.88. The number of nitrogens with one attached hydrogen (secondary N) is 1. The summed E-state index contributed by atoms with van der Waals surface area (Å²) in [6, 6.07) is 13.5. The van der Waals surface area contributed by atoms with Crippen molar-refractivity contribution in [2.45, 2.75) is 6.54 Å². The van der Waals surface area contributed by atoms with Gasteiger partial charge >= 0.3 is 0 Å². The van der Waals surface area contributed by atoms with E-state index in [1.165, 1.54) is 5.56 Å². The van der Waals surface area contributed by atoms with Gasteiger partial charge in [-0.05, 0) is 34.9 Å². The lowest BCUT2D eigenvalue weighted by Crippen LogP contribution is -2.43. The third kappa shape index (κ3) is 4.50. The maximum Gasteiger partial charge on any atom is 0.143 e. The summed E-state index contributed by atoms with van der Waals surface area (Å²) >= 11 is 12.4. The van der Waals surface area contributed by atoms with Crippen molar-refractivity contribution in [1.29, 1.82) is 0 Å². The number of aldehydes is 1. The molecule has 0 saturated carbocycles. The van der Waals surface area contributed by atoms with Crippen molar-refractivity contribution in [1.82, 2.24) is 10.2 Å². The van der Waals surface area contributed by atoms with Crippen LogP contribution in [0.25, 0.3) is 5.57 Å². The van der Waals surface area contributed by atoms with Gasteiger partial charge in [-0.3, -0.25) is 9.69 Å². The van der Waals surface area contributed by atoms with E-state index >= 15 is 0 Å². The second-order valence-corrected chi connectivity index (χ2v) is 6.87. The van der Waals surface area contributed by atoms with E-state index in [0.29, 0.717) is 10.0 Å². The molecule has 3 rings (SSSR count). The van der Waals surface area contributed by atoms with Crippen LogP contribution in [0.5, 0.6) is 0 Å². The molecule has 25 heavy (non-hydrogen) atoms.